The maximum absolute atomic E-state index is 13.3. The Morgan fingerprint density at radius 3 is 2.60 bits per heavy atom. The van der Waals surface area contributed by atoms with Crippen LogP contribution in [0.4, 0.5) is 4.39 Å². The minimum absolute atomic E-state index is 0.0439. The Kier molecular flexibility index (Phi) is 5.33. The predicted molar refractivity (Wildman–Crippen MR) is 109 cm³/mol. The lowest BCUT2D eigenvalue weighted by molar-refractivity contribution is -0.122. The number of hydrogen-bond acceptors (Lipinski definition) is 5. The molecule has 9 heteroatoms. The molecule has 2 aromatic heterocycles. The van der Waals surface area contributed by atoms with Crippen LogP contribution in [-0.4, -0.2) is 15.0 Å². The van der Waals surface area contributed by atoms with Crippen LogP contribution < -0.4 is 16.6 Å². The summed E-state index contributed by atoms with van der Waals surface area (Å²) in [6.07, 6.45) is 2.85. The van der Waals surface area contributed by atoms with Crippen molar-refractivity contribution in [1.82, 2.24) is 14.5 Å². The largest absolute Gasteiger partial charge is 0.343 e. The van der Waals surface area contributed by atoms with E-state index in [0.29, 0.717) is 5.56 Å². The van der Waals surface area contributed by atoms with Crippen LogP contribution in [-0.2, 0) is 11.3 Å². The van der Waals surface area contributed by atoms with Gasteiger partial charge in [0.15, 0.2) is 0 Å². The number of benzene rings is 1. The van der Waals surface area contributed by atoms with E-state index in [2.05, 4.69) is 5.32 Å². The summed E-state index contributed by atoms with van der Waals surface area (Å²) < 4.78 is 15.5. The average molecular weight is 424 g/mol. The molecule has 0 saturated heterocycles. The third kappa shape index (κ3) is 3.95. The Morgan fingerprint density at radius 2 is 2.00 bits per heavy atom. The molecule has 7 nitrogen and oxygen atoms in total. The van der Waals surface area contributed by atoms with E-state index in [1.807, 2.05) is 17.5 Å². The number of rotatable bonds is 6. The summed E-state index contributed by atoms with van der Waals surface area (Å²) >= 11 is 1.42. The van der Waals surface area contributed by atoms with Crippen LogP contribution in [0.5, 0.6) is 0 Å². The molecule has 1 aromatic carbocycles. The molecule has 1 amide bonds. The van der Waals surface area contributed by atoms with Gasteiger partial charge in [-0.25, -0.2) is 13.8 Å². The van der Waals surface area contributed by atoms with Gasteiger partial charge in [0.25, 0.3) is 5.56 Å². The molecular formula is C21H17FN4O3S. The Hall–Kier alpha value is -3.51. The van der Waals surface area contributed by atoms with Gasteiger partial charge in [-0.2, -0.15) is 5.26 Å². The van der Waals surface area contributed by atoms with E-state index in [9.17, 15) is 24.0 Å². The third-order valence-corrected chi connectivity index (χ3v) is 5.83. The Labute approximate surface area is 174 Å². The van der Waals surface area contributed by atoms with Gasteiger partial charge in [-0.1, -0.05) is 18.2 Å². The Balaban J connectivity index is 1.64. The van der Waals surface area contributed by atoms with Crippen molar-refractivity contribution < 1.29 is 9.18 Å². The van der Waals surface area contributed by atoms with E-state index in [0.717, 1.165) is 22.3 Å². The topological polar surface area (TPSA) is 96.9 Å². The first-order valence-corrected chi connectivity index (χ1v) is 10.2. The van der Waals surface area contributed by atoms with Crippen molar-refractivity contribution in [3.8, 4) is 6.07 Å². The summed E-state index contributed by atoms with van der Waals surface area (Å²) in [5, 5.41) is 13.9. The lowest BCUT2D eigenvalue weighted by atomic mass is 10.1. The van der Waals surface area contributed by atoms with Gasteiger partial charge < -0.3 is 5.32 Å². The van der Waals surface area contributed by atoms with Crippen molar-refractivity contribution >= 4 is 17.2 Å². The fourth-order valence-corrected chi connectivity index (χ4v) is 4.03. The van der Waals surface area contributed by atoms with Crippen molar-refractivity contribution in [1.29, 1.82) is 5.26 Å². The number of amides is 1. The monoisotopic (exact) mass is 424 g/mol. The molecule has 1 atom stereocenters. The van der Waals surface area contributed by atoms with Crippen molar-refractivity contribution in [2.45, 2.75) is 31.5 Å². The fraction of sp³-hybridized carbons (Fsp3) is 0.238. The second-order valence-corrected chi connectivity index (χ2v) is 8.01. The number of carbonyl (C=O) groups excluding carboxylic acids is 1. The highest BCUT2D eigenvalue weighted by Crippen LogP contribution is 2.33. The summed E-state index contributed by atoms with van der Waals surface area (Å²) in [7, 11) is 0. The van der Waals surface area contributed by atoms with Crippen molar-refractivity contribution in [2.75, 3.05) is 0 Å². The second-order valence-electron chi connectivity index (χ2n) is 7.03. The van der Waals surface area contributed by atoms with Gasteiger partial charge >= 0.3 is 5.69 Å². The van der Waals surface area contributed by atoms with Gasteiger partial charge in [-0.3, -0.25) is 14.2 Å². The van der Waals surface area contributed by atoms with E-state index < -0.39 is 35.6 Å². The molecule has 3 aromatic rings. The van der Waals surface area contributed by atoms with Crippen LogP contribution in [0, 0.1) is 17.1 Å². The highest BCUT2D eigenvalue weighted by molar-refractivity contribution is 7.10. The SMILES string of the molecule is N#Cc1cn(C2CC2)c(=O)n(CC(=O)N[C@@H](c2ccc(F)cc2)c2cccs2)c1=O. The van der Waals surface area contributed by atoms with Gasteiger partial charge in [0.1, 0.15) is 24.0 Å². The minimum Gasteiger partial charge on any atom is -0.343 e. The summed E-state index contributed by atoms with van der Waals surface area (Å²) in [6.45, 7) is -0.511. The normalized spacial score (nSPS) is 14.1. The zero-order valence-corrected chi connectivity index (χ0v) is 16.6. The van der Waals surface area contributed by atoms with Crippen molar-refractivity contribution in [3.05, 3.63) is 90.6 Å². The Morgan fingerprint density at radius 1 is 1.27 bits per heavy atom. The molecule has 0 aliphatic heterocycles. The van der Waals surface area contributed by atoms with Crippen LogP contribution in [0.25, 0.3) is 0 Å². The van der Waals surface area contributed by atoms with Crippen LogP contribution in [0.3, 0.4) is 0 Å². The number of nitrogens with zero attached hydrogens (tertiary/aromatic N) is 3. The number of aromatic nitrogens is 2. The van der Waals surface area contributed by atoms with Crippen molar-refractivity contribution in [2.24, 2.45) is 0 Å². The highest BCUT2D eigenvalue weighted by atomic mass is 32.1. The van der Waals surface area contributed by atoms with E-state index >= 15 is 0 Å². The van der Waals surface area contributed by atoms with Gasteiger partial charge in [0, 0.05) is 17.1 Å². The van der Waals surface area contributed by atoms with E-state index in [-0.39, 0.29) is 11.6 Å². The van der Waals surface area contributed by atoms with Gasteiger partial charge in [0.2, 0.25) is 5.91 Å². The zero-order valence-electron chi connectivity index (χ0n) is 15.7. The van der Waals surface area contributed by atoms with E-state index in [1.165, 1.54) is 34.2 Å². The van der Waals surface area contributed by atoms with Gasteiger partial charge in [0.05, 0.1) is 6.04 Å². The van der Waals surface area contributed by atoms with E-state index in [1.54, 1.807) is 18.2 Å². The zero-order chi connectivity index (χ0) is 21.3. The second kappa shape index (κ2) is 8.08. The molecule has 4 rings (SSSR count). The van der Waals surface area contributed by atoms with E-state index in [4.69, 9.17) is 0 Å². The van der Waals surface area contributed by atoms with Crippen LogP contribution in [0.15, 0.2) is 57.6 Å². The molecule has 152 valence electrons. The molecule has 0 bridgehead atoms. The molecule has 1 aliphatic carbocycles. The fourth-order valence-electron chi connectivity index (χ4n) is 3.23. The number of thiophene rings is 1. The molecule has 0 radical (unpaired) electrons. The van der Waals surface area contributed by atoms with Crippen molar-refractivity contribution in [3.63, 3.8) is 0 Å². The Bertz CT molecular complexity index is 1240. The number of hydrogen-bond donors (Lipinski definition) is 1. The third-order valence-electron chi connectivity index (χ3n) is 4.89. The van der Waals surface area contributed by atoms with Gasteiger partial charge in [-0.15, -0.1) is 11.3 Å². The molecular weight excluding hydrogens is 407 g/mol. The summed E-state index contributed by atoms with van der Waals surface area (Å²) in [4.78, 5) is 38.8. The molecule has 1 N–H and O–H groups in total. The highest BCUT2D eigenvalue weighted by Gasteiger charge is 2.27. The number of halogens is 1. The number of nitriles is 1. The molecule has 1 saturated carbocycles. The minimum atomic E-state index is -0.788. The first kappa shape index (κ1) is 19.8. The molecule has 0 spiro atoms. The van der Waals surface area contributed by atoms with Crippen LogP contribution in [0.1, 0.15) is 40.9 Å². The molecule has 2 heterocycles. The van der Waals surface area contributed by atoms with Gasteiger partial charge in [-0.05, 0) is 42.0 Å². The van der Waals surface area contributed by atoms with Crippen LogP contribution >= 0.6 is 11.3 Å². The number of nitrogens with one attached hydrogen (secondary N) is 1. The average Bonchev–Trinajstić information content (AvgIpc) is 3.43. The molecule has 1 aliphatic rings. The molecule has 0 unspecified atom stereocenters. The smallest absolute Gasteiger partial charge is 0.331 e. The van der Waals surface area contributed by atoms with Crippen LogP contribution in [0.2, 0.25) is 0 Å². The standard InChI is InChI=1S/C21H17FN4O3S/c22-15-5-3-13(4-6-15)19(17-2-1-9-30-17)24-18(27)12-26-20(28)14(10-23)11-25(21(26)29)16-7-8-16/h1-6,9,11,16,19H,7-8,12H2,(H,24,27)/t19-/m0/s1. The lowest BCUT2D eigenvalue weighted by Gasteiger charge is -2.19. The summed E-state index contributed by atoms with van der Waals surface area (Å²) in [5.74, 6) is -0.954. The molecule has 1 fully saturated rings. The quantitative estimate of drug-likeness (QED) is 0.657. The first-order chi connectivity index (χ1) is 14.5. The first-order valence-electron chi connectivity index (χ1n) is 9.32. The summed E-state index contributed by atoms with van der Waals surface area (Å²) in [5.41, 5.74) is -0.904. The number of carbonyl (C=O) groups is 1. The maximum Gasteiger partial charge on any atom is 0.331 e. The summed E-state index contributed by atoms with van der Waals surface area (Å²) in [6, 6.07) is 10.6. The maximum atomic E-state index is 13.3. The predicted octanol–water partition coefficient (Wildman–Crippen LogP) is 2.32. The lowest BCUT2D eigenvalue weighted by Crippen LogP contribution is -2.44. The molecule has 30 heavy (non-hydrogen) atoms.